The fraction of sp³-hybridized carbons (Fsp3) is 0.727. The Morgan fingerprint density at radius 3 is 2.80 bits per heavy atom. The van der Waals surface area contributed by atoms with E-state index in [4.69, 9.17) is 4.74 Å². The molecule has 0 amide bonds. The molecule has 86 valence electrons. The molecule has 15 heavy (non-hydrogen) atoms. The molecular weight excluding hydrogens is 190 g/mol. The zero-order chi connectivity index (χ0) is 11.3. The number of hydrogen-bond acceptors (Lipinski definition) is 3. The second-order valence-corrected chi connectivity index (χ2v) is 3.92. The van der Waals surface area contributed by atoms with E-state index in [0.29, 0.717) is 6.04 Å². The molecule has 0 aliphatic heterocycles. The van der Waals surface area contributed by atoms with Gasteiger partial charge in [-0.1, -0.05) is 0 Å². The van der Waals surface area contributed by atoms with Crippen molar-refractivity contribution in [2.24, 2.45) is 0 Å². The van der Waals surface area contributed by atoms with Crippen LogP contribution in [-0.2, 0) is 4.74 Å². The number of methoxy groups -OCH3 is 1. The molecule has 4 nitrogen and oxygen atoms in total. The fourth-order valence-electron chi connectivity index (χ4n) is 1.66. The average molecular weight is 211 g/mol. The normalized spacial score (nSPS) is 13.1. The van der Waals surface area contributed by atoms with Crippen molar-refractivity contribution in [2.45, 2.75) is 26.8 Å². The van der Waals surface area contributed by atoms with Crippen molar-refractivity contribution in [3.63, 3.8) is 0 Å². The fourth-order valence-corrected chi connectivity index (χ4v) is 1.66. The first-order valence-electron chi connectivity index (χ1n) is 5.37. The topological polar surface area (TPSA) is 39.1 Å². The van der Waals surface area contributed by atoms with E-state index in [1.807, 2.05) is 6.92 Å². The maximum Gasteiger partial charge on any atom is 0.0618 e. The average Bonchev–Trinajstić information content (AvgIpc) is 2.52. The Balaban J connectivity index is 2.39. The van der Waals surface area contributed by atoms with Crippen molar-refractivity contribution in [3.8, 4) is 0 Å². The SMILES string of the molecule is COCCNCC(C)n1nc(C)cc1C. The lowest BCUT2D eigenvalue weighted by Gasteiger charge is -2.14. The summed E-state index contributed by atoms with van der Waals surface area (Å²) >= 11 is 0. The molecule has 0 saturated carbocycles. The van der Waals surface area contributed by atoms with Gasteiger partial charge in [-0.25, -0.2) is 0 Å². The van der Waals surface area contributed by atoms with Crippen molar-refractivity contribution < 1.29 is 4.74 Å². The van der Waals surface area contributed by atoms with Crippen molar-refractivity contribution in [2.75, 3.05) is 26.8 Å². The molecule has 0 saturated heterocycles. The minimum Gasteiger partial charge on any atom is -0.383 e. The first kappa shape index (κ1) is 12.2. The van der Waals surface area contributed by atoms with Crippen LogP contribution in [0.4, 0.5) is 0 Å². The Kier molecular flexibility index (Phi) is 4.78. The predicted molar refractivity (Wildman–Crippen MR) is 61.2 cm³/mol. The van der Waals surface area contributed by atoms with Gasteiger partial charge in [0.15, 0.2) is 0 Å². The van der Waals surface area contributed by atoms with Gasteiger partial charge in [0.05, 0.1) is 18.3 Å². The highest BCUT2D eigenvalue weighted by Crippen LogP contribution is 2.09. The third-order valence-electron chi connectivity index (χ3n) is 2.38. The lowest BCUT2D eigenvalue weighted by molar-refractivity contribution is 0.198. The van der Waals surface area contributed by atoms with Gasteiger partial charge in [-0.2, -0.15) is 5.10 Å². The third-order valence-corrected chi connectivity index (χ3v) is 2.38. The molecule has 0 fully saturated rings. The van der Waals surface area contributed by atoms with Gasteiger partial charge in [-0.3, -0.25) is 4.68 Å². The number of ether oxygens (including phenoxy) is 1. The Morgan fingerprint density at radius 1 is 1.53 bits per heavy atom. The Bertz CT molecular complexity index is 296. The molecule has 0 bridgehead atoms. The van der Waals surface area contributed by atoms with Crippen LogP contribution >= 0.6 is 0 Å². The Morgan fingerprint density at radius 2 is 2.27 bits per heavy atom. The molecule has 0 spiro atoms. The van der Waals surface area contributed by atoms with E-state index < -0.39 is 0 Å². The van der Waals surface area contributed by atoms with Gasteiger partial charge >= 0.3 is 0 Å². The van der Waals surface area contributed by atoms with Crippen LogP contribution in [0.2, 0.25) is 0 Å². The number of nitrogens with zero attached hydrogens (tertiary/aromatic N) is 2. The summed E-state index contributed by atoms with van der Waals surface area (Å²) in [6.07, 6.45) is 0. The number of aromatic nitrogens is 2. The van der Waals surface area contributed by atoms with Gasteiger partial charge in [0.1, 0.15) is 0 Å². The number of nitrogens with one attached hydrogen (secondary N) is 1. The second-order valence-electron chi connectivity index (χ2n) is 3.92. The van der Waals surface area contributed by atoms with Crippen LogP contribution in [0.15, 0.2) is 6.07 Å². The molecule has 4 heteroatoms. The largest absolute Gasteiger partial charge is 0.383 e. The highest BCUT2D eigenvalue weighted by Gasteiger charge is 2.08. The Hall–Kier alpha value is -0.870. The van der Waals surface area contributed by atoms with Crippen LogP contribution in [0.25, 0.3) is 0 Å². The molecule has 1 aromatic rings. The van der Waals surface area contributed by atoms with Crippen molar-refractivity contribution in [3.05, 3.63) is 17.5 Å². The van der Waals surface area contributed by atoms with E-state index in [2.05, 4.69) is 35.0 Å². The van der Waals surface area contributed by atoms with Crippen LogP contribution in [0, 0.1) is 13.8 Å². The highest BCUT2D eigenvalue weighted by molar-refractivity contribution is 5.07. The Labute approximate surface area is 91.6 Å². The lowest BCUT2D eigenvalue weighted by atomic mass is 10.3. The maximum absolute atomic E-state index is 4.97. The van der Waals surface area contributed by atoms with Crippen LogP contribution in [-0.4, -0.2) is 36.6 Å². The zero-order valence-corrected chi connectivity index (χ0v) is 10.1. The van der Waals surface area contributed by atoms with Gasteiger partial charge in [-0.15, -0.1) is 0 Å². The molecular formula is C11H21N3O. The van der Waals surface area contributed by atoms with E-state index >= 15 is 0 Å². The third kappa shape index (κ3) is 3.64. The van der Waals surface area contributed by atoms with Crippen molar-refractivity contribution in [1.29, 1.82) is 0 Å². The molecule has 0 radical (unpaired) electrons. The minimum atomic E-state index is 0.385. The van der Waals surface area contributed by atoms with Crippen LogP contribution < -0.4 is 5.32 Å². The first-order valence-corrected chi connectivity index (χ1v) is 5.37. The quantitative estimate of drug-likeness (QED) is 0.721. The van der Waals surface area contributed by atoms with E-state index in [1.54, 1.807) is 7.11 Å². The maximum atomic E-state index is 4.97. The smallest absolute Gasteiger partial charge is 0.0618 e. The molecule has 1 aromatic heterocycles. The van der Waals surface area contributed by atoms with Gasteiger partial charge in [0.25, 0.3) is 0 Å². The molecule has 0 aromatic carbocycles. The molecule has 1 rings (SSSR count). The number of rotatable bonds is 6. The van der Waals surface area contributed by atoms with E-state index in [9.17, 15) is 0 Å². The summed E-state index contributed by atoms with van der Waals surface area (Å²) in [5.74, 6) is 0. The second kappa shape index (κ2) is 5.88. The highest BCUT2D eigenvalue weighted by atomic mass is 16.5. The zero-order valence-electron chi connectivity index (χ0n) is 10.1. The van der Waals surface area contributed by atoms with Crippen molar-refractivity contribution in [1.82, 2.24) is 15.1 Å². The summed E-state index contributed by atoms with van der Waals surface area (Å²) < 4.78 is 7.04. The molecule has 0 aliphatic rings. The summed E-state index contributed by atoms with van der Waals surface area (Å²) in [5, 5.41) is 7.79. The van der Waals surface area contributed by atoms with Gasteiger partial charge in [0.2, 0.25) is 0 Å². The lowest BCUT2D eigenvalue weighted by Crippen LogP contribution is -2.27. The van der Waals surface area contributed by atoms with Gasteiger partial charge < -0.3 is 10.1 Å². The summed E-state index contributed by atoms with van der Waals surface area (Å²) in [4.78, 5) is 0. The van der Waals surface area contributed by atoms with Crippen LogP contribution in [0.1, 0.15) is 24.4 Å². The summed E-state index contributed by atoms with van der Waals surface area (Å²) in [6.45, 7) is 8.84. The monoisotopic (exact) mass is 211 g/mol. The standard InChI is InChI=1S/C11H21N3O/c1-9-7-10(2)14(13-9)11(3)8-12-5-6-15-4/h7,11-12H,5-6,8H2,1-4H3. The predicted octanol–water partition coefficient (Wildman–Crippen LogP) is 1.30. The van der Waals surface area contributed by atoms with Crippen LogP contribution in [0.3, 0.4) is 0 Å². The number of aryl methyl sites for hydroxylation is 2. The first-order chi connectivity index (χ1) is 7.15. The van der Waals surface area contributed by atoms with Crippen molar-refractivity contribution >= 4 is 0 Å². The van der Waals surface area contributed by atoms with Gasteiger partial charge in [-0.05, 0) is 26.8 Å². The molecule has 1 unspecified atom stereocenters. The molecule has 1 heterocycles. The van der Waals surface area contributed by atoms with Gasteiger partial charge in [0, 0.05) is 25.9 Å². The number of hydrogen-bond donors (Lipinski definition) is 1. The van der Waals surface area contributed by atoms with E-state index in [1.165, 1.54) is 5.69 Å². The van der Waals surface area contributed by atoms with E-state index in [-0.39, 0.29) is 0 Å². The minimum absolute atomic E-state index is 0.385. The summed E-state index contributed by atoms with van der Waals surface area (Å²) in [6, 6.07) is 2.49. The molecule has 1 N–H and O–H groups in total. The van der Waals surface area contributed by atoms with E-state index in [0.717, 1.165) is 25.4 Å². The summed E-state index contributed by atoms with van der Waals surface area (Å²) in [7, 11) is 1.71. The molecule has 1 atom stereocenters. The van der Waals surface area contributed by atoms with Crippen LogP contribution in [0.5, 0.6) is 0 Å². The summed E-state index contributed by atoms with van der Waals surface area (Å²) in [5.41, 5.74) is 2.30. The molecule has 0 aliphatic carbocycles.